The number of rotatable bonds is 9. The Bertz CT molecular complexity index is 1070. The largest absolute Gasteiger partial charge is 0.479 e. The molecule has 0 N–H and O–H groups in total. The summed E-state index contributed by atoms with van der Waals surface area (Å²) in [6, 6.07) is 12.1. The van der Waals surface area contributed by atoms with Gasteiger partial charge in [-0.2, -0.15) is 0 Å². The maximum absolute atomic E-state index is 12.0. The van der Waals surface area contributed by atoms with Crippen LogP contribution >= 0.6 is 11.6 Å². The molecule has 1 unspecified atom stereocenters. The molecule has 9 heteroatoms. The minimum atomic E-state index is -0.777. The van der Waals surface area contributed by atoms with Crippen LogP contribution in [-0.2, 0) is 14.4 Å². The molecule has 0 bridgehead atoms. The number of hydrogen-bond donors (Lipinski definition) is 0. The van der Waals surface area contributed by atoms with Gasteiger partial charge in [-0.1, -0.05) is 16.8 Å². The SMILES string of the molecule is CC(C)=NOCCOC(=O)C(C)Oc1ccc(Oc2cnc3cc(Cl)ccc3n2)cc1. The molecule has 0 saturated heterocycles. The number of esters is 1. The van der Waals surface area contributed by atoms with Crippen LogP contribution < -0.4 is 9.47 Å². The summed E-state index contributed by atoms with van der Waals surface area (Å²) in [6.07, 6.45) is 0.749. The second kappa shape index (κ2) is 10.6. The lowest BCUT2D eigenvalue weighted by atomic mass is 10.3. The summed E-state index contributed by atoms with van der Waals surface area (Å²) in [6.45, 7) is 5.50. The van der Waals surface area contributed by atoms with Gasteiger partial charge in [-0.3, -0.25) is 0 Å². The Labute approximate surface area is 184 Å². The normalized spacial score (nSPS) is 11.5. The molecule has 1 heterocycles. The highest BCUT2D eigenvalue weighted by Gasteiger charge is 2.16. The minimum Gasteiger partial charge on any atom is -0.479 e. The average molecular weight is 444 g/mol. The molecule has 0 aliphatic heterocycles. The van der Waals surface area contributed by atoms with Crippen molar-refractivity contribution in [1.29, 1.82) is 0 Å². The fourth-order valence-electron chi connectivity index (χ4n) is 2.45. The lowest BCUT2D eigenvalue weighted by molar-refractivity contribution is -0.152. The van der Waals surface area contributed by atoms with Gasteiger partial charge in [0.05, 0.1) is 22.9 Å². The van der Waals surface area contributed by atoms with Gasteiger partial charge in [0, 0.05) is 5.02 Å². The summed E-state index contributed by atoms with van der Waals surface area (Å²) in [5.74, 6) is 0.908. The number of ether oxygens (including phenoxy) is 3. The molecule has 0 radical (unpaired) electrons. The first-order chi connectivity index (χ1) is 14.9. The highest BCUT2D eigenvalue weighted by atomic mass is 35.5. The van der Waals surface area contributed by atoms with Crippen molar-refractivity contribution in [2.75, 3.05) is 13.2 Å². The van der Waals surface area contributed by atoms with Crippen molar-refractivity contribution < 1.29 is 23.8 Å². The molecular formula is C22H22ClN3O5. The second-order valence-electron chi connectivity index (χ2n) is 6.71. The summed E-state index contributed by atoms with van der Waals surface area (Å²) < 4.78 is 16.4. The summed E-state index contributed by atoms with van der Waals surface area (Å²) in [4.78, 5) is 25.7. The third kappa shape index (κ3) is 6.82. The first-order valence-electron chi connectivity index (χ1n) is 9.57. The zero-order valence-electron chi connectivity index (χ0n) is 17.4. The van der Waals surface area contributed by atoms with E-state index in [1.807, 2.05) is 13.8 Å². The molecule has 8 nitrogen and oxygen atoms in total. The van der Waals surface area contributed by atoms with Crippen LogP contribution in [0.4, 0.5) is 0 Å². The van der Waals surface area contributed by atoms with E-state index in [1.54, 1.807) is 49.4 Å². The Balaban J connectivity index is 1.51. The number of nitrogens with zero attached hydrogens (tertiary/aromatic N) is 3. The van der Waals surface area contributed by atoms with Crippen molar-refractivity contribution in [3.8, 4) is 17.4 Å². The molecule has 3 aromatic rings. The Kier molecular flexibility index (Phi) is 7.61. The van der Waals surface area contributed by atoms with Crippen LogP contribution in [-0.4, -0.2) is 41.0 Å². The summed E-state index contributed by atoms with van der Waals surface area (Å²) >= 11 is 5.96. The van der Waals surface area contributed by atoms with E-state index in [9.17, 15) is 4.79 Å². The molecule has 1 atom stereocenters. The Morgan fingerprint density at radius 2 is 1.81 bits per heavy atom. The van der Waals surface area contributed by atoms with E-state index in [-0.39, 0.29) is 13.2 Å². The fourth-order valence-corrected chi connectivity index (χ4v) is 2.61. The van der Waals surface area contributed by atoms with Crippen LogP contribution in [0.15, 0.2) is 53.8 Å². The second-order valence-corrected chi connectivity index (χ2v) is 7.15. The Hall–Kier alpha value is -3.39. The van der Waals surface area contributed by atoms with E-state index in [1.165, 1.54) is 6.20 Å². The molecule has 31 heavy (non-hydrogen) atoms. The molecule has 0 spiro atoms. The quantitative estimate of drug-likeness (QED) is 0.203. The van der Waals surface area contributed by atoms with Gasteiger partial charge in [0.15, 0.2) is 12.7 Å². The van der Waals surface area contributed by atoms with Gasteiger partial charge in [-0.25, -0.2) is 14.8 Å². The van der Waals surface area contributed by atoms with Crippen LogP contribution in [0.25, 0.3) is 11.0 Å². The van der Waals surface area contributed by atoms with E-state index in [4.69, 9.17) is 30.6 Å². The Morgan fingerprint density at radius 3 is 2.55 bits per heavy atom. The van der Waals surface area contributed by atoms with Crippen LogP contribution in [0.5, 0.6) is 17.4 Å². The highest BCUT2D eigenvalue weighted by Crippen LogP contribution is 2.25. The van der Waals surface area contributed by atoms with Crippen molar-refractivity contribution in [3.05, 3.63) is 53.7 Å². The van der Waals surface area contributed by atoms with E-state index in [0.29, 0.717) is 33.4 Å². The smallest absolute Gasteiger partial charge is 0.347 e. The van der Waals surface area contributed by atoms with Crippen molar-refractivity contribution in [2.24, 2.45) is 5.16 Å². The molecule has 0 aliphatic carbocycles. The number of halogens is 1. The van der Waals surface area contributed by atoms with Crippen molar-refractivity contribution >= 4 is 34.3 Å². The van der Waals surface area contributed by atoms with E-state index < -0.39 is 12.1 Å². The number of oxime groups is 1. The van der Waals surface area contributed by atoms with Crippen LogP contribution in [0.3, 0.4) is 0 Å². The van der Waals surface area contributed by atoms with Gasteiger partial charge in [-0.15, -0.1) is 0 Å². The molecule has 0 aliphatic rings. The highest BCUT2D eigenvalue weighted by molar-refractivity contribution is 6.31. The molecule has 0 amide bonds. The van der Waals surface area contributed by atoms with Gasteiger partial charge < -0.3 is 19.0 Å². The molecule has 0 saturated carbocycles. The Morgan fingerprint density at radius 1 is 1.06 bits per heavy atom. The molecule has 3 rings (SSSR count). The first-order valence-corrected chi connectivity index (χ1v) is 9.95. The number of carbonyl (C=O) groups is 1. The lowest BCUT2D eigenvalue weighted by Crippen LogP contribution is -2.27. The standard InChI is InChI=1S/C22H22ClN3O5/c1-14(2)26-29-11-10-28-22(27)15(3)30-17-5-7-18(8-6-17)31-21-13-24-20-12-16(23)4-9-19(20)25-21/h4-9,12-13,15H,10-11H2,1-3H3. The number of aromatic nitrogens is 2. The number of hydrogen-bond acceptors (Lipinski definition) is 8. The fraction of sp³-hybridized carbons (Fsp3) is 0.273. The minimum absolute atomic E-state index is 0.0924. The van der Waals surface area contributed by atoms with Gasteiger partial charge in [0.1, 0.15) is 18.1 Å². The van der Waals surface area contributed by atoms with Gasteiger partial charge >= 0.3 is 5.97 Å². The summed E-state index contributed by atoms with van der Waals surface area (Å²) in [5.41, 5.74) is 2.15. The first kappa shape index (κ1) is 22.3. The maximum atomic E-state index is 12.0. The van der Waals surface area contributed by atoms with Crippen molar-refractivity contribution in [3.63, 3.8) is 0 Å². The third-order valence-corrected chi connectivity index (χ3v) is 4.07. The molecule has 1 aromatic heterocycles. The molecular weight excluding hydrogens is 422 g/mol. The number of fused-ring (bicyclic) bond motifs is 1. The van der Waals surface area contributed by atoms with Crippen LogP contribution in [0.2, 0.25) is 5.02 Å². The van der Waals surface area contributed by atoms with E-state index in [2.05, 4.69) is 15.1 Å². The number of carbonyl (C=O) groups excluding carboxylic acids is 1. The van der Waals surface area contributed by atoms with Crippen molar-refractivity contribution in [1.82, 2.24) is 9.97 Å². The predicted molar refractivity (Wildman–Crippen MR) is 117 cm³/mol. The maximum Gasteiger partial charge on any atom is 0.347 e. The average Bonchev–Trinajstić information content (AvgIpc) is 2.74. The van der Waals surface area contributed by atoms with E-state index >= 15 is 0 Å². The summed E-state index contributed by atoms with van der Waals surface area (Å²) in [7, 11) is 0. The molecule has 162 valence electrons. The zero-order valence-corrected chi connectivity index (χ0v) is 18.1. The number of benzene rings is 2. The van der Waals surface area contributed by atoms with Gasteiger partial charge in [0.25, 0.3) is 0 Å². The lowest BCUT2D eigenvalue weighted by Gasteiger charge is -2.14. The van der Waals surface area contributed by atoms with Gasteiger partial charge in [0.2, 0.25) is 5.88 Å². The van der Waals surface area contributed by atoms with Gasteiger partial charge in [-0.05, 0) is 63.2 Å². The zero-order chi connectivity index (χ0) is 22.2. The predicted octanol–water partition coefficient (Wildman–Crippen LogP) is 4.80. The topological polar surface area (TPSA) is 92.1 Å². The molecule has 2 aromatic carbocycles. The van der Waals surface area contributed by atoms with Crippen LogP contribution in [0.1, 0.15) is 20.8 Å². The van der Waals surface area contributed by atoms with E-state index in [0.717, 1.165) is 5.71 Å². The monoisotopic (exact) mass is 443 g/mol. The third-order valence-electron chi connectivity index (χ3n) is 3.84. The van der Waals surface area contributed by atoms with Crippen molar-refractivity contribution in [2.45, 2.75) is 26.9 Å². The van der Waals surface area contributed by atoms with Crippen LogP contribution in [0, 0.1) is 0 Å². The molecule has 0 fully saturated rings. The summed E-state index contributed by atoms with van der Waals surface area (Å²) in [5, 5.41) is 4.35.